The second kappa shape index (κ2) is 6.57. The molecule has 0 amide bonds. The average molecular weight is 262 g/mol. The molecule has 0 radical (unpaired) electrons. The summed E-state index contributed by atoms with van der Waals surface area (Å²) in [5, 5.41) is 0. The second-order valence-electron chi connectivity index (χ2n) is 3.42. The Morgan fingerprint density at radius 1 is 1.00 bits per heavy atom. The first kappa shape index (κ1) is 12.3. The summed E-state index contributed by atoms with van der Waals surface area (Å²) in [5.41, 5.74) is 6.59. The van der Waals surface area contributed by atoms with Crippen molar-refractivity contribution in [1.29, 1.82) is 0 Å². The monoisotopic (exact) mass is 262 g/mol. The fourth-order valence-corrected chi connectivity index (χ4v) is 3.20. The van der Waals surface area contributed by atoms with Crippen molar-refractivity contribution in [2.24, 2.45) is 0 Å². The van der Waals surface area contributed by atoms with Gasteiger partial charge in [-0.2, -0.15) is 0 Å². The molecular weight excluding hydrogens is 248 g/mol. The quantitative estimate of drug-likeness (QED) is 0.660. The molecule has 2 aromatic rings. The number of nitrogens with zero attached hydrogens (tertiary/aromatic N) is 1. The molecule has 0 spiro atoms. The highest BCUT2D eigenvalue weighted by Crippen LogP contribution is 2.26. The topological polar surface area (TPSA) is 38.9 Å². The smallest absolute Gasteiger partial charge is 0.0638 e. The Morgan fingerprint density at radius 3 is 2.53 bits per heavy atom. The third-order valence-corrected chi connectivity index (χ3v) is 4.53. The van der Waals surface area contributed by atoms with Crippen molar-refractivity contribution < 1.29 is 0 Å². The standard InChI is InChI=1S/C13H14N2S2/c14-12-10-15-7-6-13(12)17-9-8-16-11-4-2-1-3-5-11/h1-7,10H,8-9,14H2. The molecule has 0 aliphatic heterocycles. The SMILES string of the molecule is Nc1cnccc1SCCSc1ccccc1. The van der Waals surface area contributed by atoms with E-state index in [0.29, 0.717) is 0 Å². The van der Waals surface area contributed by atoms with Crippen molar-refractivity contribution in [2.45, 2.75) is 9.79 Å². The van der Waals surface area contributed by atoms with Crippen LogP contribution in [0.15, 0.2) is 58.6 Å². The Labute approximate surface area is 110 Å². The first-order valence-electron chi connectivity index (χ1n) is 5.36. The third-order valence-electron chi connectivity index (χ3n) is 2.16. The number of benzene rings is 1. The van der Waals surface area contributed by atoms with E-state index in [9.17, 15) is 0 Å². The average Bonchev–Trinajstić information content (AvgIpc) is 2.38. The second-order valence-corrected chi connectivity index (χ2v) is 5.73. The van der Waals surface area contributed by atoms with Gasteiger partial charge in [-0.3, -0.25) is 4.98 Å². The van der Waals surface area contributed by atoms with Gasteiger partial charge in [0.1, 0.15) is 0 Å². The molecule has 1 aromatic heterocycles. The van der Waals surface area contributed by atoms with Gasteiger partial charge in [0.2, 0.25) is 0 Å². The van der Waals surface area contributed by atoms with E-state index in [-0.39, 0.29) is 0 Å². The van der Waals surface area contributed by atoms with Gasteiger partial charge in [0.25, 0.3) is 0 Å². The number of nitrogen functional groups attached to an aromatic ring is 1. The summed E-state index contributed by atoms with van der Waals surface area (Å²) < 4.78 is 0. The van der Waals surface area contributed by atoms with Crippen LogP contribution in [0, 0.1) is 0 Å². The molecule has 2 N–H and O–H groups in total. The van der Waals surface area contributed by atoms with E-state index in [2.05, 4.69) is 29.2 Å². The van der Waals surface area contributed by atoms with Crippen LogP contribution in [0.5, 0.6) is 0 Å². The van der Waals surface area contributed by atoms with Gasteiger partial charge in [0.05, 0.1) is 11.9 Å². The summed E-state index contributed by atoms with van der Waals surface area (Å²) in [4.78, 5) is 6.41. The zero-order chi connectivity index (χ0) is 11.9. The van der Waals surface area contributed by atoms with E-state index >= 15 is 0 Å². The van der Waals surface area contributed by atoms with Crippen LogP contribution in [-0.2, 0) is 0 Å². The highest BCUT2D eigenvalue weighted by molar-refractivity contribution is 8.03. The maximum atomic E-state index is 5.82. The number of thioether (sulfide) groups is 2. The van der Waals surface area contributed by atoms with Gasteiger partial charge in [-0.25, -0.2) is 0 Å². The largest absolute Gasteiger partial charge is 0.397 e. The van der Waals surface area contributed by atoms with Crippen molar-refractivity contribution in [3.8, 4) is 0 Å². The minimum absolute atomic E-state index is 0.766. The molecule has 2 nitrogen and oxygen atoms in total. The lowest BCUT2D eigenvalue weighted by Gasteiger charge is -2.04. The van der Waals surface area contributed by atoms with Crippen molar-refractivity contribution in [1.82, 2.24) is 4.98 Å². The molecule has 1 heterocycles. The van der Waals surface area contributed by atoms with Crippen LogP contribution in [-0.4, -0.2) is 16.5 Å². The number of nitrogens with two attached hydrogens (primary N) is 1. The number of hydrogen-bond donors (Lipinski definition) is 1. The highest BCUT2D eigenvalue weighted by Gasteiger charge is 1.99. The predicted molar refractivity (Wildman–Crippen MR) is 76.5 cm³/mol. The van der Waals surface area contributed by atoms with Crippen LogP contribution in [0.1, 0.15) is 0 Å². The van der Waals surface area contributed by atoms with E-state index in [0.717, 1.165) is 22.1 Å². The van der Waals surface area contributed by atoms with Crippen LogP contribution < -0.4 is 5.73 Å². The van der Waals surface area contributed by atoms with Crippen molar-refractivity contribution in [3.63, 3.8) is 0 Å². The Kier molecular flexibility index (Phi) is 4.76. The van der Waals surface area contributed by atoms with E-state index in [1.165, 1.54) is 4.90 Å². The molecule has 0 bridgehead atoms. The van der Waals surface area contributed by atoms with Gasteiger partial charge in [-0.1, -0.05) is 18.2 Å². The molecule has 0 aliphatic rings. The first-order valence-corrected chi connectivity index (χ1v) is 7.33. The zero-order valence-electron chi connectivity index (χ0n) is 9.37. The van der Waals surface area contributed by atoms with E-state index in [1.807, 2.05) is 23.9 Å². The lowest BCUT2D eigenvalue weighted by Crippen LogP contribution is -1.91. The Morgan fingerprint density at radius 2 is 1.76 bits per heavy atom. The lowest BCUT2D eigenvalue weighted by atomic mass is 10.4. The minimum atomic E-state index is 0.766. The summed E-state index contributed by atoms with van der Waals surface area (Å²) in [6.07, 6.45) is 3.48. The molecule has 17 heavy (non-hydrogen) atoms. The van der Waals surface area contributed by atoms with E-state index in [1.54, 1.807) is 24.2 Å². The summed E-state index contributed by atoms with van der Waals surface area (Å²) in [7, 11) is 0. The van der Waals surface area contributed by atoms with E-state index < -0.39 is 0 Å². The molecule has 0 saturated heterocycles. The summed E-state index contributed by atoms with van der Waals surface area (Å²) in [6, 6.07) is 12.4. The van der Waals surface area contributed by atoms with Gasteiger partial charge in [-0.15, -0.1) is 23.5 Å². The summed E-state index contributed by atoms with van der Waals surface area (Å²) in [5.74, 6) is 2.13. The molecule has 4 heteroatoms. The van der Waals surface area contributed by atoms with Gasteiger partial charge in [0.15, 0.2) is 0 Å². The summed E-state index contributed by atoms with van der Waals surface area (Å²) >= 11 is 3.65. The highest BCUT2D eigenvalue weighted by atomic mass is 32.2. The van der Waals surface area contributed by atoms with Crippen LogP contribution in [0.4, 0.5) is 5.69 Å². The van der Waals surface area contributed by atoms with Crippen LogP contribution in [0.3, 0.4) is 0 Å². The fraction of sp³-hybridized carbons (Fsp3) is 0.154. The molecule has 1 aromatic carbocycles. The van der Waals surface area contributed by atoms with Gasteiger partial charge in [0, 0.05) is 27.5 Å². The number of anilines is 1. The summed E-state index contributed by atoms with van der Waals surface area (Å²) in [6.45, 7) is 0. The van der Waals surface area contributed by atoms with Crippen molar-refractivity contribution in [2.75, 3.05) is 17.2 Å². The zero-order valence-corrected chi connectivity index (χ0v) is 11.0. The fourth-order valence-electron chi connectivity index (χ4n) is 1.35. The first-order chi connectivity index (χ1) is 8.36. The maximum Gasteiger partial charge on any atom is 0.0638 e. The molecule has 88 valence electrons. The molecule has 0 saturated carbocycles. The van der Waals surface area contributed by atoms with E-state index in [4.69, 9.17) is 5.73 Å². The Balaban J connectivity index is 1.76. The van der Waals surface area contributed by atoms with Crippen molar-refractivity contribution >= 4 is 29.2 Å². The maximum absolute atomic E-state index is 5.82. The predicted octanol–water partition coefficient (Wildman–Crippen LogP) is 3.55. The molecule has 0 unspecified atom stereocenters. The van der Waals surface area contributed by atoms with Gasteiger partial charge >= 0.3 is 0 Å². The van der Waals surface area contributed by atoms with Crippen LogP contribution in [0.2, 0.25) is 0 Å². The number of rotatable bonds is 5. The van der Waals surface area contributed by atoms with Gasteiger partial charge < -0.3 is 5.73 Å². The van der Waals surface area contributed by atoms with Crippen LogP contribution in [0.25, 0.3) is 0 Å². The lowest BCUT2D eigenvalue weighted by molar-refractivity contribution is 1.27. The Hall–Kier alpha value is -1.13. The van der Waals surface area contributed by atoms with Crippen molar-refractivity contribution in [3.05, 3.63) is 48.8 Å². The molecule has 0 atom stereocenters. The third kappa shape index (κ3) is 3.98. The van der Waals surface area contributed by atoms with Crippen LogP contribution >= 0.6 is 23.5 Å². The Bertz CT molecular complexity index is 460. The molecule has 2 rings (SSSR count). The van der Waals surface area contributed by atoms with Gasteiger partial charge in [-0.05, 0) is 18.2 Å². The molecular formula is C13H14N2S2. The number of aromatic nitrogens is 1. The number of hydrogen-bond acceptors (Lipinski definition) is 4. The molecule has 0 fully saturated rings. The molecule has 0 aliphatic carbocycles. The normalized spacial score (nSPS) is 10.4. The number of pyridine rings is 1. The minimum Gasteiger partial charge on any atom is -0.397 e.